The van der Waals surface area contributed by atoms with Gasteiger partial charge in [-0.25, -0.2) is 4.79 Å². The molecule has 21 heavy (non-hydrogen) atoms. The smallest absolute Gasteiger partial charge is 0.343 e. The van der Waals surface area contributed by atoms with Crippen molar-refractivity contribution >= 4 is 17.6 Å². The van der Waals surface area contributed by atoms with Gasteiger partial charge in [0.25, 0.3) is 0 Å². The molecule has 0 aliphatic rings. The fourth-order valence-electron chi connectivity index (χ4n) is 1.75. The number of benzene rings is 1. The molecule has 0 aliphatic carbocycles. The summed E-state index contributed by atoms with van der Waals surface area (Å²) in [4.78, 5) is 22.7. The lowest BCUT2D eigenvalue weighted by atomic mass is 10.2. The molecule has 0 saturated carbocycles. The van der Waals surface area contributed by atoms with E-state index in [0.29, 0.717) is 17.9 Å². The van der Waals surface area contributed by atoms with Gasteiger partial charge in [0.2, 0.25) is 5.91 Å². The van der Waals surface area contributed by atoms with Crippen molar-refractivity contribution in [2.45, 2.75) is 26.3 Å². The molecule has 2 N–H and O–H groups in total. The maximum absolute atomic E-state index is 11.8. The Bertz CT molecular complexity index is 459. The second kappa shape index (κ2) is 8.97. The standard InChI is InChI=1S/C15H22N2O4/c1-4-16-11(2)9-14(18)17-12-5-7-13(8-6-12)21-10-15(19)20-3/h5-8,11,16H,4,9-10H2,1-3H3,(H,17,18). The first-order chi connectivity index (χ1) is 10.0. The number of methoxy groups -OCH3 is 1. The van der Waals surface area contributed by atoms with E-state index < -0.39 is 5.97 Å². The van der Waals surface area contributed by atoms with Crippen LogP contribution in [0.2, 0.25) is 0 Å². The van der Waals surface area contributed by atoms with Gasteiger partial charge in [-0.05, 0) is 37.7 Å². The van der Waals surface area contributed by atoms with Crippen LogP contribution in [0.1, 0.15) is 20.3 Å². The lowest BCUT2D eigenvalue weighted by molar-refractivity contribution is -0.142. The number of hydrogen-bond acceptors (Lipinski definition) is 5. The maximum Gasteiger partial charge on any atom is 0.343 e. The largest absolute Gasteiger partial charge is 0.482 e. The summed E-state index contributed by atoms with van der Waals surface area (Å²) >= 11 is 0. The molecule has 1 unspecified atom stereocenters. The van der Waals surface area contributed by atoms with Gasteiger partial charge < -0.3 is 20.1 Å². The van der Waals surface area contributed by atoms with Crippen molar-refractivity contribution in [1.29, 1.82) is 0 Å². The number of carbonyl (C=O) groups is 2. The van der Waals surface area contributed by atoms with Crippen molar-refractivity contribution in [3.8, 4) is 5.75 Å². The molecule has 116 valence electrons. The number of ether oxygens (including phenoxy) is 2. The van der Waals surface area contributed by atoms with Gasteiger partial charge >= 0.3 is 5.97 Å². The topological polar surface area (TPSA) is 76.7 Å². The Morgan fingerprint density at radius 2 is 1.90 bits per heavy atom. The highest BCUT2D eigenvalue weighted by Crippen LogP contribution is 2.16. The van der Waals surface area contributed by atoms with Gasteiger partial charge in [0.15, 0.2) is 6.61 Å². The minimum atomic E-state index is -0.440. The SMILES string of the molecule is CCNC(C)CC(=O)Nc1ccc(OCC(=O)OC)cc1. The van der Waals surface area contributed by atoms with Crippen LogP contribution in [0.15, 0.2) is 24.3 Å². The fraction of sp³-hybridized carbons (Fsp3) is 0.467. The molecule has 1 amide bonds. The Balaban J connectivity index is 2.43. The molecule has 6 nitrogen and oxygen atoms in total. The predicted octanol–water partition coefficient (Wildman–Crippen LogP) is 1.56. The lowest BCUT2D eigenvalue weighted by Gasteiger charge is -2.12. The van der Waals surface area contributed by atoms with E-state index in [1.54, 1.807) is 24.3 Å². The lowest BCUT2D eigenvalue weighted by Crippen LogP contribution is -2.30. The van der Waals surface area contributed by atoms with E-state index in [9.17, 15) is 9.59 Å². The number of hydrogen-bond donors (Lipinski definition) is 2. The molecular formula is C15H22N2O4. The van der Waals surface area contributed by atoms with Gasteiger partial charge in [0.1, 0.15) is 5.75 Å². The van der Waals surface area contributed by atoms with Gasteiger partial charge in [-0.3, -0.25) is 4.79 Å². The van der Waals surface area contributed by atoms with Gasteiger partial charge in [-0.1, -0.05) is 6.92 Å². The molecule has 1 atom stereocenters. The molecular weight excluding hydrogens is 272 g/mol. The number of amides is 1. The first kappa shape index (κ1) is 17.0. The third-order valence-electron chi connectivity index (χ3n) is 2.77. The van der Waals surface area contributed by atoms with E-state index in [-0.39, 0.29) is 18.6 Å². The monoisotopic (exact) mass is 294 g/mol. The normalized spacial score (nSPS) is 11.6. The quantitative estimate of drug-likeness (QED) is 0.712. The van der Waals surface area contributed by atoms with Crippen molar-refractivity contribution in [3.63, 3.8) is 0 Å². The van der Waals surface area contributed by atoms with Gasteiger partial charge in [0, 0.05) is 18.2 Å². The molecule has 0 saturated heterocycles. The fourth-order valence-corrected chi connectivity index (χ4v) is 1.75. The summed E-state index contributed by atoms with van der Waals surface area (Å²) < 4.78 is 9.70. The number of nitrogens with one attached hydrogen (secondary N) is 2. The van der Waals surface area contributed by atoms with E-state index in [1.165, 1.54) is 7.11 Å². The second-order valence-corrected chi connectivity index (χ2v) is 4.60. The molecule has 0 fully saturated rings. The van der Waals surface area contributed by atoms with Crippen LogP contribution in [-0.2, 0) is 14.3 Å². The van der Waals surface area contributed by atoms with Crippen molar-refractivity contribution in [2.75, 3.05) is 25.6 Å². The Morgan fingerprint density at radius 3 is 2.48 bits per heavy atom. The van der Waals surface area contributed by atoms with E-state index in [4.69, 9.17) is 4.74 Å². The molecule has 0 aliphatic heterocycles. The molecule has 1 rings (SSSR count). The van der Waals surface area contributed by atoms with Gasteiger partial charge in [-0.2, -0.15) is 0 Å². The summed E-state index contributed by atoms with van der Waals surface area (Å²) in [7, 11) is 1.30. The molecule has 6 heteroatoms. The average Bonchev–Trinajstić information content (AvgIpc) is 2.46. The van der Waals surface area contributed by atoms with Crippen molar-refractivity contribution in [1.82, 2.24) is 5.32 Å². The van der Waals surface area contributed by atoms with Crippen LogP contribution in [0.5, 0.6) is 5.75 Å². The summed E-state index contributed by atoms with van der Waals surface area (Å²) in [6.07, 6.45) is 0.411. The van der Waals surface area contributed by atoms with Crippen LogP contribution in [0.4, 0.5) is 5.69 Å². The van der Waals surface area contributed by atoms with E-state index in [0.717, 1.165) is 6.54 Å². The highest BCUT2D eigenvalue weighted by atomic mass is 16.6. The minimum absolute atomic E-state index is 0.0494. The van der Waals surface area contributed by atoms with Crippen molar-refractivity contribution < 1.29 is 19.1 Å². The van der Waals surface area contributed by atoms with Crippen LogP contribution in [0.3, 0.4) is 0 Å². The maximum atomic E-state index is 11.8. The van der Waals surface area contributed by atoms with E-state index >= 15 is 0 Å². The Kier molecular flexibility index (Phi) is 7.25. The molecule has 0 heterocycles. The average molecular weight is 294 g/mol. The zero-order chi connectivity index (χ0) is 15.7. The van der Waals surface area contributed by atoms with E-state index in [2.05, 4.69) is 15.4 Å². The third-order valence-corrected chi connectivity index (χ3v) is 2.77. The van der Waals surface area contributed by atoms with E-state index in [1.807, 2.05) is 13.8 Å². The number of rotatable bonds is 8. The van der Waals surface area contributed by atoms with Crippen LogP contribution in [-0.4, -0.2) is 38.2 Å². The van der Waals surface area contributed by atoms with Crippen LogP contribution in [0, 0.1) is 0 Å². The Morgan fingerprint density at radius 1 is 1.24 bits per heavy atom. The zero-order valence-electron chi connectivity index (χ0n) is 12.6. The predicted molar refractivity (Wildman–Crippen MR) is 80.3 cm³/mol. The molecule has 0 spiro atoms. The van der Waals surface area contributed by atoms with Gasteiger partial charge in [0.05, 0.1) is 7.11 Å². The summed E-state index contributed by atoms with van der Waals surface area (Å²) in [6, 6.07) is 6.96. The number of carbonyl (C=O) groups excluding carboxylic acids is 2. The molecule has 0 bridgehead atoms. The van der Waals surface area contributed by atoms with Gasteiger partial charge in [-0.15, -0.1) is 0 Å². The molecule has 0 radical (unpaired) electrons. The second-order valence-electron chi connectivity index (χ2n) is 4.60. The summed E-state index contributed by atoms with van der Waals surface area (Å²) in [6.45, 7) is 4.66. The number of esters is 1. The molecule has 0 aromatic heterocycles. The van der Waals surface area contributed by atoms with Crippen LogP contribution in [0.25, 0.3) is 0 Å². The highest BCUT2D eigenvalue weighted by Gasteiger charge is 2.08. The Hall–Kier alpha value is -2.08. The molecule has 1 aromatic carbocycles. The van der Waals surface area contributed by atoms with Crippen molar-refractivity contribution in [3.05, 3.63) is 24.3 Å². The summed E-state index contributed by atoms with van der Waals surface area (Å²) in [5.41, 5.74) is 0.689. The first-order valence-corrected chi connectivity index (χ1v) is 6.88. The first-order valence-electron chi connectivity index (χ1n) is 6.88. The van der Waals surface area contributed by atoms with Crippen molar-refractivity contribution in [2.24, 2.45) is 0 Å². The minimum Gasteiger partial charge on any atom is -0.482 e. The Labute approximate surface area is 124 Å². The number of anilines is 1. The van der Waals surface area contributed by atoms with Crippen LogP contribution < -0.4 is 15.4 Å². The highest BCUT2D eigenvalue weighted by molar-refractivity contribution is 5.91. The zero-order valence-corrected chi connectivity index (χ0v) is 12.6. The van der Waals surface area contributed by atoms with Crippen LogP contribution >= 0.6 is 0 Å². The summed E-state index contributed by atoms with van der Waals surface area (Å²) in [5.74, 6) is 0.0517. The summed E-state index contributed by atoms with van der Waals surface area (Å²) in [5, 5.41) is 5.99. The molecule has 1 aromatic rings. The third kappa shape index (κ3) is 6.76.